The van der Waals surface area contributed by atoms with E-state index in [1.165, 1.54) is 7.11 Å². The van der Waals surface area contributed by atoms with Crippen molar-refractivity contribution in [3.63, 3.8) is 0 Å². The first-order chi connectivity index (χ1) is 6.56. The third-order valence-electron chi connectivity index (χ3n) is 1.73. The number of halogens is 1. The second-order valence-corrected chi connectivity index (χ2v) is 3.03. The lowest BCUT2D eigenvalue weighted by molar-refractivity contribution is 0.121. The molecular formula is C9H10ClNO3. The molecule has 0 aliphatic heterocycles. The van der Waals surface area contributed by atoms with E-state index in [9.17, 15) is 4.79 Å². The largest absolute Gasteiger partial charge is 0.513 e. The summed E-state index contributed by atoms with van der Waals surface area (Å²) in [6.07, 6.45) is -0.783. The number of hydrogen-bond donors (Lipinski definition) is 1. The summed E-state index contributed by atoms with van der Waals surface area (Å²) in [4.78, 5) is 10.8. The van der Waals surface area contributed by atoms with E-state index in [0.717, 1.165) is 0 Å². The van der Waals surface area contributed by atoms with Gasteiger partial charge in [0, 0.05) is 5.56 Å². The minimum Gasteiger partial charge on any atom is -0.437 e. The Morgan fingerprint density at radius 2 is 2.14 bits per heavy atom. The van der Waals surface area contributed by atoms with E-state index in [1.807, 2.05) is 0 Å². The fourth-order valence-electron chi connectivity index (χ4n) is 0.930. The fraction of sp³-hybridized carbons (Fsp3) is 0.222. The van der Waals surface area contributed by atoms with E-state index in [2.05, 4.69) is 4.74 Å². The van der Waals surface area contributed by atoms with Crippen LogP contribution in [0.5, 0.6) is 5.75 Å². The monoisotopic (exact) mass is 215 g/mol. The Balaban J connectivity index is 3.00. The highest BCUT2D eigenvalue weighted by Crippen LogP contribution is 2.30. The van der Waals surface area contributed by atoms with Gasteiger partial charge in [-0.15, -0.1) is 0 Å². The maximum atomic E-state index is 10.8. The Bertz CT molecular complexity index is 365. The van der Waals surface area contributed by atoms with E-state index in [-0.39, 0.29) is 0 Å². The summed E-state index contributed by atoms with van der Waals surface area (Å²) in [5, 5.41) is 0.381. The molecule has 14 heavy (non-hydrogen) atoms. The summed E-state index contributed by atoms with van der Waals surface area (Å²) >= 11 is 5.85. The Kier molecular flexibility index (Phi) is 3.19. The molecule has 0 unspecified atom stereocenters. The van der Waals surface area contributed by atoms with E-state index < -0.39 is 6.16 Å². The Morgan fingerprint density at radius 1 is 1.50 bits per heavy atom. The standard InChI is InChI=1S/C9H10ClNO3/c1-5-7(14-9(12)13-2)4-3-6(11)8(5)10/h3-4H,11H2,1-2H3. The molecule has 1 aromatic carbocycles. The van der Waals surface area contributed by atoms with E-state index in [0.29, 0.717) is 22.0 Å². The lowest BCUT2D eigenvalue weighted by atomic mass is 10.2. The van der Waals surface area contributed by atoms with Crippen molar-refractivity contribution in [2.45, 2.75) is 6.92 Å². The van der Waals surface area contributed by atoms with Gasteiger partial charge in [-0.05, 0) is 19.1 Å². The molecule has 0 saturated carbocycles. The van der Waals surface area contributed by atoms with Crippen LogP contribution >= 0.6 is 11.6 Å². The minimum absolute atomic E-state index is 0.344. The Morgan fingerprint density at radius 3 is 2.71 bits per heavy atom. The van der Waals surface area contributed by atoms with Crippen molar-refractivity contribution in [1.29, 1.82) is 0 Å². The first-order valence-corrected chi connectivity index (χ1v) is 4.24. The Labute approximate surface area is 86.6 Å². The molecule has 1 aromatic rings. The van der Waals surface area contributed by atoms with Gasteiger partial charge in [-0.1, -0.05) is 11.6 Å². The molecule has 0 radical (unpaired) electrons. The predicted molar refractivity (Wildman–Crippen MR) is 53.6 cm³/mol. The molecule has 4 nitrogen and oxygen atoms in total. The lowest BCUT2D eigenvalue weighted by Crippen LogP contribution is -2.08. The van der Waals surface area contributed by atoms with Crippen molar-refractivity contribution in [3.05, 3.63) is 22.7 Å². The number of carbonyl (C=O) groups excluding carboxylic acids is 1. The first kappa shape index (κ1) is 10.7. The van der Waals surface area contributed by atoms with E-state index in [1.54, 1.807) is 19.1 Å². The number of nitrogen functional groups attached to an aromatic ring is 1. The van der Waals surface area contributed by atoms with E-state index in [4.69, 9.17) is 22.1 Å². The summed E-state index contributed by atoms with van der Waals surface area (Å²) in [6, 6.07) is 3.13. The van der Waals surface area contributed by atoms with Gasteiger partial charge in [0.25, 0.3) is 0 Å². The second kappa shape index (κ2) is 4.19. The van der Waals surface area contributed by atoms with Crippen molar-refractivity contribution >= 4 is 23.4 Å². The van der Waals surface area contributed by atoms with Crippen molar-refractivity contribution < 1.29 is 14.3 Å². The zero-order valence-electron chi connectivity index (χ0n) is 7.83. The van der Waals surface area contributed by atoms with Crippen LogP contribution in [0.15, 0.2) is 12.1 Å². The number of benzene rings is 1. The molecule has 0 saturated heterocycles. The zero-order chi connectivity index (χ0) is 10.7. The molecule has 0 aliphatic rings. The van der Waals surface area contributed by atoms with Crippen LogP contribution in [0.1, 0.15) is 5.56 Å². The summed E-state index contributed by atoms with van der Waals surface area (Å²) in [7, 11) is 1.23. The van der Waals surface area contributed by atoms with Crippen molar-refractivity contribution in [2.75, 3.05) is 12.8 Å². The Hall–Kier alpha value is -1.42. The van der Waals surface area contributed by atoms with Crippen molar-refractivity contribution in [3.8, 4) is 5.75 Å². The number of methoxy groups -OCH3 is 1. The van der Waals surface area contributed by atoms with E-state index >= 15 is 0 Å². The van der Waals surface area contributed by atoms with Crippen LogP contribution in [-0.2, 0) is 4.74 Å². The van der Waals surface area contributed by atoms with Gasteiger partial charge in [0.05, 0.1) is 17.8 Å². The SMILES string of the molecule is COC(=O)Oc1ccc(N)c(Cl)c1C. The lowest BCUT2D eigenvalue weighted by Gasteiger charge is -2.08. The molecule has 1 rings (SSSR count). The van der Waals surface area contributed by atoms with Crippen LogP contribution in [0.4, 0.5) is 10.5 Å². The number of rotatable bonds is 1. The quantitative estimate of drug-likeness (QED) is 0.444. The molecule has 2 N–H and O–H groups in total. The van der Waals surface area contributed by atoms with Gasteiger partial charge in [-0.25, -0.2) is 4.79 Å². The number of nitrogens with two attached hydrogens (primary N) is 1. The molecule has 0 bridgehead atoms. The normalized spacial score (nSPS) is 9.64. The van der Waals surface area contributed by atoms with Crippen LogP contribution in [0.25, 0.3) is 0 Å². The molecule has 0 amide bonds. The third-order valence-corrected chi connectivity index (χ3v) is 2.23. The van der Waals surface area contributed by atoms with Gasteiger partial charge in [-0.3, -0.25) is 0 Å². The number of hydrogen-bond acceptors (Lipinski definition) is 4. The van der Waals surface area contributed by atoms with Crippen LogP contribution in [0.3, 0.4) is 0 Å². The smallest absolute Gasteiger partial charge is 0.437 e. The summed E-state index contributed by atoms with van der Waals surface area (Å²) in [5.41, 5.74) is 6.60. The highest BCUT2D eigenvalue weighted by molar-refractivity contribution is 6.34. The fourth-order valence-corrected chi connectivity index (χ4v) is 1.09. The van der Waals surface area contributed by atoms with Crippen LogP contribution in [0.2, 0.25) is 5.02 Å². The van der Waals surface area contributed by atoms with Crippen molar-refractivity contribution in [1.82, 2.24) is 0 Å². The second-order valence-electron chi connectivity index (χ2n) is 2.65. The minimum atomic E-state index is -0.783. The maximum Gasteiger partial charge on any atom is 0.513 e. The van der Waals surface area contributed by atoms with Crippen LogP contribution < -0.4 is 10.5 Å². The molecule has 76 valence electrons. The molecule has 0 spiro atoms. The molecular weight excluding hydrogens is 206 g/mol. The number of ether oxygens (including phenoxy) is 2. The third kappa shape index (κ3) is 2.09. The van der Waals surface area contributed by atoms with Gasteiger partial charge < -0.3 is 15.2 Å². The zero-order valence-corrected chi connectivity index (χ0v) is 8.59. The summed E-state index contributed by atoms with van der Waals surface area (Å²) in [5.74, 6) is 0.344. The highest BCUT2D eigenvalue weighted by atomic mass is 35.5. The molecule has 0 fully saturated rings. The maximum absolute atomic E-state index is 10.8. The number of anilines is 1. The van der Waals surface area contributed by atoms with Gasteiger partial charge in [-0.2, -0.15) is 0 Å². The average molecular weight is 216 g/mol. The van der Waals surface area contributed by atoms with Gasteiger partial charge in [0.2, 0.25) is 0 Å². The average Bonchev–Trinajstić information content (AvgIpc) is 2.19. The molecule has 0 heterocycles. The summed E-state index contributed by atoms with van der Waals surface area (Å²) in [6.45, 7) is 1.71. The number of carbonyl (C=O) groups is 1. The van der Waals surface area contributed by atoms with Crippen LogP contribution in [0, 0.1) is 6.92 Å². The molecule has 5 heteroatoms. The first-order valence-electron chi connectivity index (χ1n) is 3.86. The van der Waals surface area contributed by atoms with Gasteiger partial charge in [0.15, 0.2) is 0 Å². The van der Waals surface area contributed by atoms with Crippen molar-refractivity contribution in [2.24, 2.45) is 0 Å². The summed E-state index contributed by atoms with van der Waals surface area (Å²) < 4.78 is 9.17. The molecule has 0 atom stereocenters. The highest BCUT2D eigenvalue weighted by Gasteiger charge is 2.10. The van der Waals surface area contributed by atoms with Gasteiger partial charge >= 0.3 is 6.16 Å². The molecule has 0 aliphatic carbocycles. The van der Waals surface area contributed by atoms with Crippen LogP contribution in [-0.4, -0.2) is 13.3 Å². The topological polar surface area (TPSA) is 61.5 Å². The molecule has 0 aromatic heterocycles. The predicted octanol–water partition coefficient (Wildman–Crippen LogP) is 2.38. The van der Waals surface area contributed by atoms with Gasteiger partial charge in [0.1, 0.15) is 5.75 Å².